The lowest BCUT2D eigenvalue weighted by Gasteiger charge is -2.05. The van der Waals surface area contributed by atoms with Gasteiger partial charge in [0.1, 0.15) is 0 Å². The second kappa shape index (κ2) is 4.37. The van der Waals surface area contributed by atoms with Gasteiger partial charge in [-0.15, -0.1) is 8.93 Å². The largest absolute Gasteiger partial charge is 0.110 e. The molecule has 0 aliphatic rings. The van der Waals surface area contributed by atoms with Crippen LogP contribution in [0.3, 0.4) is 0 Å². The molecule has 0 saturated heterocycles. The molecule has 0 spiro atoms. The maximum atomic E-state index is 2.81. The van der Waals surface area contributed by atoms with Crippen LogP contribution < -0.4 is 5.30 Å². The molecule has 3 aromatic rings. The average Bonchev–Trinajstić information content (AvgIpc) is 2.35. The van der Waals surface area contributed by atoms with Crippen LogP contribution in [0.25, 0.3) is 21.5 Å². The van der Waals surface area contributed by atoms with Gasteiger partial charge in [-0.25, -0.2) is 0 Å². The Morgan fingerprint density at radius 3 is 2.12 bits per heavy atom. The number of rotatable bonds is 1. The Morgan fingerprint density at radius 2 is 1.41 bits per heavy atom. The van der Waals surface area contributed by atoms with E-state index in [9.17, 15) is 0 Å². The molecule has 0 saturated carbocycles. The summed E-state index contributed by atoms with van der Waals surface area (Å²) in [6.45, 7) is 2.14. The van der Waals surface area contributed by atoms with E-state index in [0.29, 0.717) is 0 Å². The molecule has 0 aromatic heterocycles. The van der Waals surface area contributed by atoms with Gasteiger partial charge >= 0.3 is 0 Å². The molecular formula is C15H14P2. The zero-order chi connectivity index (χ0) is 11.8. The minimum absolute atomic E-state index is 0.785. The van der Waals surface area contributed by atoms with E-state index in [0.717, 1.165) is 8.27 Å². The fourth-order valence-electron chi connectivity index (χ4n) is 2.21. The second-order valence-electron chi connectivity index (χ2n) is 4.41. The van der Waals surface area contributed by atoms with E-state index in [2.05, 4.69) is 64.4 Å². The van der Waals surface area contributed by atoms with Crippen molar-refractivity contribution in [1.29, 1.82) is 0 Å². The quantitative estimate of drug-likeness (QED) is 0.447. The van der Waals surface area contributed by atoms with Gasteiger partial charge in [0.15, 0.2) is 0 Å². The van der Waals surface area contributed by atoms with E-state index >= 15 is 0 Å². The van der Waals surface area contributed by atoms with Gasteiger partial charge in [0.05, 0.1) is 0 Å². The molecule has 0 N–H and O–H groups in total. The fourth-order valence-corrected chi connectivity index (χ4v) is 3.16. The van der Waals surface area contributed by atoms with E-state index in [-0.39, 0.29) is 0 Å². The van der Waals surface area contributed by atoms with E-state index in [1.807, 2.05) is 0 Å². The van der Waals surface area contributed by atoms with E-state index < -0.39 is 0 Å². The van der Waals surface area contributed by atoms with Gasteiger partial charge in [-0.2, -0.15) is 0 Å². The lowest BCUT2D eigenvalue weighted by molar-refractivity contribution is 1.51. The first-order valence-electron chi connectivity index (χ1n) is 5.67. The van der Waals surface area contributed by atoms with Crippen molar-refractivity contribution in [2.75, 3.05) is 0 Å². The molecule has 2 heteroatoms. The summed E-state index contributed by atoms with van der Waals surface area (Å²) in [5.41, 5.74) is 1.32. The molecule has 0 heterocycles. The van der Waals surface area contributed by atoms with Crippen LogP contribution in [0.15, 0.2) is 48.5 Å². The van der Waals surface area contributed by atoms with Crippen LogP contribution in [-0.2, 0) is 0 Å². The summed E-state index contributed by atoms with van der Waals surface area (Å²) in [6, 6.07) is 17.9. The summed E-state index contributed by atoms with van der Waals surface area (Å²) in [7, 11) is 3.59. The molecule has 0 bridgehead atoms. The first kappa shape index (κ1) is 11.1. The molecule has 2 unspecified atom stereocenters. The van der Waals surface area contributed by atoms with Crippen LogP contribution >= 0.6 is 17.2 Å². The summed E-state index contributed by atoms with van der Waals surface area (Å²) in [6.07, 6.45) is 0. The minimum atomic E-state index is 0.785. The molecule has 0 fully saturated rings. The molecule has 0 nitrogen and oxygen atoms in total. The van der Waals surface area contributed by atoms with Crippen molar-refractivity contribution in [2.45, 2.75) is 6.92 Å². The van der Waals surface area contributed by atoms with Gasteiger partial charge in [0.25, 0.3) is 0 Å². The van der Waals surface area contributed by atoms with Gasteiger partial charge in [-0.05, 0) is 52.0 Å². The fraction of sp³-hybridized carbons (Fsp3) is 0.0667. The Morgan fingerprint density at radius 1 is 0.765 bits per heavy atom. The van der Waals surface area contributed by atoms with Crippen molar-refractivity contribution < 1.29 is 0 Å². The number of benzene rings is 3. The van der Waals surface area contributed by atoms with Crippen molar-refractivity contribution in [3.05, 3.63) is 54.1 Å². The summed E-state index contributed by atoms with van der Waals surface area (Å²) >= 11 is 0. The summed E-state index contributed by atoms with van der Waals surface area (Å²) < 4.78 is 0. The Hall–Kier alpha value is -0.960. The Bertz CT molecular complexity index is 702. The van der Waals surface area contributed by atoms with E-state index in [4.69, 9.17) is 0 Å². The lowest BCUT2D eigenvalue weighted by Crippen LogP contribution is -1.90. The third-order valence-electron chi connectivity index (χ3n) is 3.12. The highest BCUT2D eigenvalue weighted by Gasteiger charge is 1.99. The van der Waals surface area contributed by atoms with Crippen LogP contribution in [0.2, 0.25) is 0 Å². The third-order valence-corrected chi connectivity index (χ3v) is 4.76. The second-order valence-corrected chi connectivity index (χ2v) is 6.14. The third kappa shape index (κ3) is 2.08. The van der Waals surface area contributed by atoms with Crippen molar-refractivity contribution in [3.8, 4) is 0 Å². The number of aryl methyl sites for hydroxylation is 1. The number of hydrogen-bond donors (Lipinski definition) is 0. The Labute approximate surface area is 105 Å². The van der Waals surface area contributed by atoms with Crippen LogP contribution in [0.4, 0.5) is 0 Å². The molecule has 0 aliphatic heterocycles. The molecule has 3 rings (SSSR count). The molecular weight excluding hydrogens is 242 g/mol. The Kier molecular flexibility index (Phi) is 2.87. The highest BCUT2D eigenvalue weighted by Crippen LogP contribution is 2.26. The zero-order valence-corrected chi connectivity index (χ0v) is 11.9. The smallest absolute Gasteiger partial charge is 0.0171 e. The van der Waals surface area contributed by atoms with Crippen LogP contribution in [0.5, 0.6) is 0 Å². The van der Waals surface area contributed by atoms with Gasteiger partial charge in [-0.3, -0.25) is 0 Å². The van der Waals surface area contributed by atoms with Gasteiger partial charge in [0, 0.05) is 0 Å². The molecule has 2 atom stereocenters. The molecule has 0 radical (unpaired) electrons. The van der Waals surface area contributed by atoms with Crippen LogP contribution in [0, 0.1) is 6.92 Å². The van der Waals surface area contributed by atoms with Crippen molar-refractivity contribution in [3.63, 3.8) is 0 Å². The first-order valence-corrected chi connectivity index (χ1v) is 8.48. The maximum absolute atomic E-state index is 2.81. The summed E-state index contributed by atoms with van der Waals surface area (Å²) in [5.74, 6) is 0. The highest BCUT2D eigenvalue weighted by atomic mass is 32.0. The normalized spacial score (nSPS) is 11.9. The van der Waals surface area contributed by atoms with Crippen LogP contribution in [-0.4, -0.2) is 0 Å². The van der Waals surface area contributed by atoms with Crippen molar-refractivity contribution >= 4 is 44.0 Å². The van der Waals surface area contributed by atoms with Gasteiger partial charge in [-0.1, -0.05) is 44.2 Å². The van der Waals surface area contributed by atoms with Gasteiger partial charge < -0.3 is 0 Å². The molecule has 84 valence electrons. The van der Waals surface area contributed by atoms with E-state index in [1.54, 1.807) is 0 Å². The van der Waals surface area contributed by atoms with Crippen LogP contribution in [0.1, 0.15) is 5.56 Å². The average molecular weight is 256 g/mol. The minimum Gasteiger partial charge on any atom is -0.110 e. The van der Waals surface area contributed by atoms with Gasteiger partial charge in [0.2, 0.25) is 0 Å². The van der Waals surface area contributed by atoms with Crippen molar-refractivity contribution in [1.82, 2.24) is 0 Å². The SMILES string of the molecule is Cc1ccc2cc3cc(PP)ccc3cc2c1. The van der Waals surface area contributed by atoms with Crippen molar-refractivity contribution in [2.24, 2.45) is 0 Å². The summed E-state index contributed by atoms with van der Waals surface area (Å²) in [5, 5.41) is 6.73. The standard InChI is InChI=1S/C15H14P2/c1-10-2-3-11-8-14-9-15(17-16)5-4-12(14)7-13(11)6-10/h2-9,17H,16H2,1H3. The molecule has 17 heavy (non-hydrogen) atoms. The maximum Gasteiger partial charge on any atom is -0.0171 e. The highest BCUT2D eigenvalue weighted by molar-refractivity contribution is 8.06. The molecule has 0 aliphatic carbocycles. The summed E-state index contributed by atoms with van der Waals surface area (Å²) in [4.78, 5) is 0. The molecule has 3 aromatic carbocycles. The number of hydrogen-bond acceptors (Lipinski definition) is 0. The monoisotopic (exact) mass is 256 g/mol. The topological polar surface area (TPSA) is 0 Å². The Balaban J connectivity index is 2.35. The number of fused-ring (bicyclic) bond motifs is 2. The first-order chi connectivity index (χ1) is 8.26. The molecule has 0 amide bonds. The lowest BCUT2D eigenvalue weighted by atomic mass is 10.0. The zero-order valence-electron chi connectivity index (χ0n) is 9.70. The predicted octanol–water partition coefficient (Wildman–Crippen LogP) is 4.40. The predicted molar refractivity (Wildman–Crippen MR) is 83.9 cm³/mol. The van der Waals surface area contributed by atoms with E-state index in [1.165, 1.54) is 32.4 Å².